The minimum absolute atomic E-state index is 0.0529. The van der Waals surface area contributed by atoms with Crippen molar-refractivity contribution in [3.8, 4) is 5.75 Å². The van der Waals surface area contributed by atoms with Gasteiger partial charge in [0.25, 0.3) is 11.6 Å². The van der Waals surface area contributed by atoms with Gasteiger partial charge in [0.15, 0.2) is 10.9 Å². The number of nitrogens with one attached hydrogen (secondary N) is 2. The fraction of sp³-hybridized carbons (Fsp3) is 0.125. The van der Waals surface area contributed by atoms with Crippen molar-refractivity contribution in [2.75, 3.05) is 12.4 Å². The van der Waals surface area contributed by atoms with Crippen LogP contribution in [0.2, 0.25) is 0 Å². The van der Waals surface area contributed by atoms with Crippen LogP contribution in [0.1, 0.15) is 15.9 Å². The molecule has 0 radical (unpaired) electrons. The van der Waals surface area contributed by atoms with E-state index in [9.17, 15) is 25.0 Å². The number of amides is 1. The fourth-order valence-electron chi connectivity index (χ4n) is 2.20. The molecule has 0 bridgehead atoms. The molecule has 1 amide bonds. The monoisotopic (exact) mass is 390 g/mol. The van der Waals surface area contributed by atoms with Crippen LogP contribution in [0.4, 0.5) is 17.1 Å². The first-order valence-electron chi connectivity index (χ1n) is 7.42. The molecule has 0 aliphatic carbocycles. The molecule has 0 unspecified atom stereocenters. The molecule has 10 nitrogen and oxygen atoms in total. The van der Waals surface area contributed by atoms with Crippen LogP contribution in [0.5, 0.6) is 5.75 Å². The van der Waals surface area contributed by atoms with Gasteiger partial charge < -0.3 is 10.1 Å². The molecule has 0 heterocycles. The second-order valence-corrected chi connectivity index (χ2v) is 5.72. The molecular formula is C16H14N4O6S. The van der Waals surface area contributed by atoms with Gasteiger partial charge in [-0.1, -0.05) is 6.07 Å². The van der Waals surface area contributed by atoms with Crippen molar-refractivity contribution in [3.05, 3.63) is 67.8 Å². The number of methoxy groups -OCH3 is 1. The molecule has 11 heteroatoms. The largest absolute Gasteiger partial charge is 0.490 e. The van der Waals surface area contributed by atoms with Crippen molar-refractivity contribution < 1.29 is 19.4 Å². The molecule has 0 atom stereocenters. The molecule has 0 fully saturated rings. The number of thiocarbonyl (C=S) groups is 1. The van der Waals surface area contributed by atoms with Gasteiger partial charge in [0.05, 0.1) is 17.0 Å². The number of benzene rings is 2. The normalized spacial score (nSPS) is 10.0. The molecule has 0 saturated carbocycles. The molecule has 2 aromatic rings. The van der Waals surface area contributed by atoms with Crippen LogP contribution in [0.25, 0.3) is 0 Å². The Hall–Kier alpha value is -3.60. The van der Waals surface area contributed by atoms with E-state index in [-0.39, 0.29) is 33.5 Å². The van der Waals surface area contributed by atoms with Gasteiger partial charge in [-0.05, 0) is 37.3 Å². The maximum atomic E-state index is 12.2. The highest BCUT2D eigenvalue weighted by Crippen LogP contribution is 2.29. The summed E-state index contributed by atoms with van der Waals surface area (Å²) in [6.07, 6.45) is 0. The lowest BCUT2D eigenvalue weighted by Gasteiger charge is -2.10. The van der Waals surface area contributed by atoms with Crippen LogP contribution in [0.3, 0.4) is 0 Å². The Morgan fingerprint density at radius 1 is 1.07 bits per heavy atom. The topological polar surface area (TPSA) is 137 Å². The van der Waals surface area contributed by atoms with Crippen molar-refractivity contribution >= 4 is 40.3 Å². The van der Waals surface area contributed by atoms with E-state index in [4.69, 9.17) is 17.0 Å². The quantitative estimate of drug-likeness (QED) is 0.452. The number of hydrogen-bond acceptors (Lipinski definition) is 7. The van der Waals surface area contributed by atoms with Crippen molar-refractivity contribution in [3.63, 3.8) is 0 Å². The number of anilines is 1. The molecule has 2 rings (SSSR count). The van der Waals surface area contributed by atoms with Crippen LogP contribution in [0, 0.1) is 27.2 Å². The lowest BCUT2D eigenvalue weighted by molar-refractivity contribution is -0.385. The summed E-state index contributed by atoms with van der Waals surface area (Å²) in [5, 5.41) is 26.9. The van der Waals surface area contributed by atoms with E-state index in [1.807, 2.05) is 0 Å². The van der Waals surface area contributed by atoms with Gasteiger partial charge in [-0.3, -0.25) is 30.3 Å². The molecule has 0 saturated heterocycles. The number of hydrogen-bond donors (Lipinski definition) is 2. The highest BCUT2D eigenvalue weighted by atomic mass is 32.1. The van der Waals surface area contributed by atoms with E-state index < -0.39 is 15.8 Å². The third-order valence-corrected chi connectivity index (χ3v) is 3.73. The Balaban J connectivity index is 2.13. The Morgan fingerprint density at radius 2 is 1.74 bits per heavy atom. The first kappa shape index (κ1) is 19.7. The highest BCUT2D eigenvalue weighted by Gasteiger charge is 2.18. The smallest absolute Gasteiger partial charge is 0.312 e. The highest BCUT2D eigenvalue weighted by molar-refractivity contribution is 7.80. The Labute approximate surface area is 158 Å². The Morgan fingerprint density at radius 3 is 2.33 bits per heavy atom. The number of carbonyl (C=O) groups is 1. The lowest BCUT2D eigenvalue weighted by Crippen LogP contribution is -2.34. The molecule has 0 aliphatic heterocycles. The molecular weight excluding hydrogens is 376 g/mol. The zero-order valence-electron chi connectivity index (χ0n) is 14.2. The number of nitro benzene ring substituents is 2. The number of rotatable bonds is 5. The Bertz CT molecular complexity index is 947. The van der Waals surface area contributed by atoms with Crippen LogP contribution in [-0.4, -0.2) is 28.0 Å². The molecule has 2 N–H and O–H groups in total. The third-order valence-electron chi connectivity index (χ3n) is 3.53. The van der Waals surface area contributed by atoms with Crippen molar-refractivity contribution in [1.82, 2.24) is 5.32 Å². The number of ether oxygens (including phenoxy) is 1. The standard InChI is InChI=1S/C16H14N4O6S/c1-9-3-4-10(7-12(9)19(22)23)15(21)18-16(27)17-11-5-6-14(26-2)13(8-11)20(24)25/h3-8H,1-2H3,(H2,17,18,21,27). The Kier molecular flexibility index (Phi) is 5.98. The third kappa shape index (κ3) is 4.73. The minimum Gasteiger partial charge on any atom is -0.490 e. The zero-order chi connectivity index (χ0) is 20.1. The molecule has 140 valence electrons. The number of carbonyl (C=O) groups excluding carboxylic acids is 1. The number of nitro groups is 2. The van der Waals surface area contributed by atoms with Gasteiger partial charge in [0, 0.05) is 28.9 Å². The minimum atomic E-state index is -0.654. The summed E-state index contributed by atoms with van der Waals surface area (Å²) in [6.45, 7) is 1.56. The van der Waals surface area contributed by atoms with Crippen LogP contribution in [-0.2, 0) is 0 Å². The summed E-state index contributed by atoms with van der Waals surface area (Å²) in [5.41, 5.74) is 0.278. The van der Waals surface area contributed by atoms with Gasteiger partial charge in [-0.15, -0.1) is 0 Å². The van der Waals surface area contributed by atoms with Crippen LogP contribution >= 0.6 is 12.2 Å². The van der Waals surface area contributed by atoms with Crippen molar-refractivity contribution in [2.24, 2.45) is 0 Å². The summed E-state index contributed by atoms with van der Waals surface area (Å²) in [4.78, 5) is 33.0. The predicted molar refractivity (Wildman–Crippen MR) is 101 cm³/mol. The van der Waals surface area contributed by atoms with Gasteiger partial charge >= 0.3 is 5.69 Å². The second kappa shape index (κ2) is 8.19. The molecule has 27 heavy (non-hydrogen) atoms. The van der Waals surface area contributed by atoms with E-state index in [1.54, 1.807) is 6.92 Å². The van der Waals surface area contributed by atoms with Gasteiger partial charge in [-0.25, -0.2) is 0 Å². The average Bonchev–Trinajstić information content (AvgIpc) is 2.61. The second-order valence-electron chi connectivity index (χ2n) is 5.31. The first-order valence-corrected chi connectivity index (χ1v) is 7.83. The number of aryl methyl sites for hydroxylation is 1. The maximum absolute atomic E-state index is 12.2. The average molecular weight is 390 g/mol. The summed E-state index contributed by atoms with van der Waals surface area (Å²) < 4.78 is 4.90. The summed E-state index contributed by atoms with van der Waals surface area (Å²) in [5.74, 6) is -0.578. The first-order chi connectivity index (χ1) is 12.7. The van der Waals surface area contributed by atoms with E-state index in [2.05, 4.69) is 10.6 Å². The van der Waals surface area contributed by atoms with Gasteiger partial charge in [0.1, 0.15) is 0 Å². The van der Waals surface area contributed by atoms with E-state index in [0.717, 1.165) is 6.07 Å². The van der Waals surface area contributed by atoms with E-state index >= 15 is 0 Å². The molecule has 0 spiro atoms. The predicted octanol–water partition coefficient (Wildman–Crippen LogP) is 2.95. The van der Waals surface area contributed by atoms with E-state index in [1.165, 1.54) is 37.4 Å². The molecule has 0 aliphatic rings. The zero-order valence-corrected chi connectivity index (χ0v) is 15.0. The molecule has 2 aromatic carbocycles. The SMILES string of the molecule is COc1ccc(NC(=S)NC(=O)c2ccc(C)c([N+](=O)[O-])c2)cc1[N+](=O)[O-]. The van der Waals surface area contributed by atoms with Crippen molar-refractivity contribution in [1.29, 1.82) is 0 Å². The lowest BCUT2D eigenvalue weighted by atomic mass is 10.1. The maximum Gasteiger partial charge on any atom is 0.312 e. The molecule has 0 aromatic heterocycles. The van der Waals surface area contributed by atoms with Crippen LogP contribution < -0.4 is 15.4 Å². The van der Waals surface area contributed by atoms with Gasteiger partial charge in [0.2, 0.25) is 0 Å². The van der Waals surface area contributed by atoms with E-state index in [0.29, 0.717) is 5.56 Å². The summed E-state index contributed by atoms with van der Waals surface area (Å²) >= 11 is 5.01. The summed E-state index contributed by atoms with van der Waals surface area (Å²) in [7, 11) is 1.31. The van der Waals surface area contributed by atoms with Crippen LogP contribution in [0.15, 0.2) is 36.4 Å². The summed E-state index contributed by atoms with van der Waals surface area (Å²) in [6, 6.07) is 8.10. The van der Waals surface area contributed by atoms with Gasteiger partial charge in [-0.2, -0.15) is 0 Å². The number of nitrogens with zero attached hydrogens (tertiary/aromatic N) is 2. The fourth-order valence-corrected chi connectivity index (χ4v) is 2.41. The van der Waals surface area contributed by atoms with Crippen molar-refractivity contribution in [2.45, 2.75) is 6.92 Å².